The maximum absolute atomic E-state index is 12.6. The van der Waals surface area contributed by atoms with E-state index in [-0.39, 0.29) is 11.1 Å². The first-order valence-corrected chi connectivity index (χ1v) is 8.89. The lowest BCUT2D eigenvalue weighted by Gasteiger charge is -2.15. The molecule has 0 spiro atoms. The van der Waals surface area contributed by atoms with E-state index in [0.29, 0.717) is 16.4 Å². The van der Waals surface area contributed by atoms with Gasteiger partial charge in [0.25, 0.3) is 5.56 Å². The summed E-state index contributed by atoms with van der Waals surface area (Å²) in [5.41, 5.74) is 0.793. The van der Waals surface area contributed by atoms with Crippen LogP contribution in [-0.2, 0) is 4.79 Å². The van der Waals surface area contributed by atoms with Crippen molar-refractivity contribution in [3.05, 3.63) is 68.8 Å². The molecule has 8 heteroatoms. The molecule has 130 valence electrons. The van der Waals surface area contributed by atoms with Crippen LogP contribution >= 0.6 is 22.9 Å². The van der Waals surface area contributed by atoms with Crippen molar-refractivity contribution in [2.75, 3.05) is 5.32 Å². The minimum atomic E-state index is -0.868. The summed E-state index contributed by atoms with van der Waals surface area (Å²) in [6.45, 7) is 1.57. The van der Waals surface area contributed by atoms with Crippen molar-refractivity contribution in [1.29, 1.82) is 5.26 Å². The molecule has 0 unspecified atom stereocenters. The zero-order chi connectivity index (χ0) is 18.7. The van der Waals surface area contributed by atoms with E-state index in [1.54, 1.807) is 19.1 Å². The molecule has 26 heavy (non-hydrogen) atoms. The first kappa shape index (κ1) is 17.9. The molecule has 2 heterocycles. The number of halogens is 1. The molecule has 0 aliphatic rings. The summed E-state index contributed by atoms with van der Waals surface area (Å²) in [6.07, 6.45) is 0. The summed E-state index contributed by atoms with van der Waals surface area (Å²) in [4.78, 5) is 25.6. The second-order valence-corrected chi connectivity index (χ2v) is 6.83. The van der Waals surface area contributed by atoms with Gasteiger partial charge in [-0.05, 0) is 42.6 Å². The number of aromatic nitrogens is 2. The predicted octanol–water partition coefficient (Wildman–Crippen LogP) is 3.70. The van der Waals surface area contributed by atoms with Gasteiger partial charge in [-0.25, -0.2) is 4.68 Å². The van der Waals surface area contributed by atoms with Crippen molar-refractivity contribution in [3.8, 4) is 16.6 Å². The third-order valence-corrected chi connectivity index (χ3v) is 4.83. The maximum Gasteiger partial charge on any atom is 0.267 e. The van der Waals surface area contributed by atoms with Crippen LogP contribution in [0, 0.1) is 11.3 Å². The summed E-state index contributed by atoms with van der Waals surface area (Å²) in [6, 6.07) is 12.5. The zero-order valence-corrected chi connectivity index (χ0v) is 15.2. The zero-order valence-electron chi connectivity index (χ0n) is 13.6. The number of benzene rings is 1. The van der Waals surface area contributed by atoms with E-state index < -0.39 is 11.9 Å². The Morgan fingerprint density at radius 1 is 1.35 bits per heavy atom. The van der Waals surface area contributed by atoms with Crippen molar-refractivity contribution in [1.82, 2.24) is 9.78 Å². The molecule has 0 saturated carbocycles. The molecular weight excluding hydrogens is 372 g/mol. The summed E-state index contributed by atoms with van der Waals surface area (Å²) in [5.74, 6) is -0.471. The third-order valence-electron chi connectivity index (χ3n) is 3.70. The van der Waals surface area contributed by atoms with Gasteiger partial charge in [-0.3, -0.25) is 9.59 Å². The van der Waals surface area contributed by atoms with Crippen LogP contribution in [0.15, 0.2) is 52.6 Å². The number of nitrogens with zero attached hydrogens (tertiary/aromatic N) is 3. The number of carbonyl (C=O) groups excluding carboxylic acids is 1. The molecule has 0 radical (unpaired) electrons. The lowest BCUT2D eigenvalue weighted by molar-refractivity contribution is -0.119. The van der Waals surface area contributed by atoms with Gasteiger partial charge >= 0.3 is 0 Å². The number of amides is 1. The number of carbonyl (C=O) groups is 1. The highest BCUT2D eigenvalue weighted by molar-refractivity contribution is 7.13. The topological polar surface area (TPSA) is 87.8 Å². The molecule has 1 aromatic carbocycles. The Bertz CT molecular complexity index is 1050. The van der Waals surface area contributed by atoms with E-state index in [9.17, 15) is 9.59 Å². The highest BCUT2D eigenvalue weighted by atomic mass is 35.5. The number of hydrogen-bond donors (Lipinski definition) is 1. The first-order valence-electron chi connectivity index (χ1n) is 7.64. The summed E-state index contributed by atoms with van der Waals surface area (Å²) >= 11 is 7.42. The fourth-order valence-electron chi connectivity index (χ4n) is 2.32. The van der Waals surface area contributed by atoms with E-state index in [4.69, 9.17) is 16.9 Å². The number of rotatable bonds is 4. The van der Waals surface area contributed by atoms with Gasteiger partial charge < -0.3 is 5.32 Å². The highest BCUT2D eigenvalue weighted by Gasteiger charge is 2.19. The molecule has 0 bridgehead atoms. The van der Waals surface area contributed by atoms with Gasteiger partial charge in [-0.2, -0.15) is 10.4 Å². The number of nitriles is 1. The van der Waals surface area contributed by atoms with Crippen molar-refractivity contribution in [2.24, 2.45) is 0 Å². The SMILES string of the molecule is C[C@H](C(=O)Nc1cc(Cl)ccc1C#N)n1nc(-c2cccs2)ccc1=O. The standard InChI is InChI=1S/C18H13ClN4O2S/c1-11(18(25)21-15-9-13(19)5-4-12(15)10-20)23-17(24)7-6-14(22-23)16-3-2-8-26-16/h2-9,11H,1H3,(H,21,25)/t11-/m1/s1. The molecule has 1 atom stereocenters. The lowest BCUT2D eigenvalue weighted by atomic mass is 10.2. The van der Waals surface area contributed by atoms with Crippen LogP contribution < -0.4 is 10.9 Å². The summed E-state index contributed by atoms with van der Waals surface area (Å²) in [7, 11) is 0. The van der Waals surface area contributed by atoms with Gasteiger partial charge in [0.1, 0.15) is 17.8 Å². The van der Waals surface area contributed by atoms with E-state index >= 15 is 0 Å². The van der Waals surface area contributed by atoms with Gasteiger partial charge in [-0.1, -0.05) is 17.7 Å². The summed E-state index contributed by atoms with van der Waals surface area (Å²) < 4.78 is 1.13. The van der Waals surface area contributed by atoms with Gasteiger partial charge in [0.05, 0.1) is 16.1 Å². The molecule has 0 fully saturated rings. The van der Waals surface area contributed by atoms with Crippen molar-refractivity contribution in [3.63, 3.8) is 0 Å². The number of anilines is 1. The Labute approximate surface area is 158 Å². The van der Waals surface area contributed by atoms with Gasteiger partial charge in [0, 0.05) is 11.1 Å². The van der Waals surface area contributed by atoms with Crippen LogP contribution in [0.3, 0.4) is 0 Å². The van der Waals surface area contributed by atoms with Crippen molar-refractivity contribution in [2.45, 2.75) is 13.0 Å². The fourth-order valence-corrected chi connectivity index (χ4v) is 3.19. The van der Waals surface area contributed by atoms with Crippen LogP contribution in [0.2, 0.25) is 5.02 Å². The molecule has 1 N–H and O–H groups in total. The average molecular weight is 385 g/mol. The van der Waals surface area contributed by atoms with Crippen molar-refractivity contribution < 1.29 is 4.79 Å². The van der Waals surface area contributed by atoms with Gasteiger partial charge in [-0.15, -0.1) is 11.3 Å². The van der Waals surface area contributed by atoms with Crippen molar-refractivity contribution >= 4 is 34.5 Å². The molecule has 0 aliphatic carbocycles. The van der Waals surface area contributed by atoms with E-state index in [2.05, 4.69) is 10.4 Å². The van der Waals surface area contributed by atoms with E-state index in [1.807, 2.05) is 23.6 Å². The Morgan fingerprint density at radius 2 is 2.15 bits per heavy atom. The average Bonchev–Trinajstić information content (AvgIpc) is 3.16. The normalized spacial score (nSPS) is 11.6. The van der Waals surface area contributed by atoms with Crippen LogP contribution in [0.4, 0.5) is 5.69 Å². The van der Waals surface area contributed by atoms with E-state index in [0.717, 1.165) is 9.56 Å². The van der Waals surface area contributed by atoms with Crippen LogP contribution in [-0.4, -0.2) is 15.7 Å². The molecular formula is C18H13ClN4O2S. The lowest BCUT2D eigenvalue weighted by Crippen LogP contribution is -2.33. The quantitative estimate of drug-likeness (QED) is 0.742. The molecule has 1 amide bonds. The monoisotopic (exact) mass is 384 g/mol. The molecule has 2 aromatic heterocycles. The molecule has 3 aromatic rings. The minimum absolute atomic E-state index is 0.280. The Hall–Kier alpha value is -2.95. The van der Waals surface area contributed by atoms with Crippen LogP contribution in [0.1, 0.15) is 18.5 Å². The second kappa shape index (κ2) is 7.52. The summed E-state index contributed by atoms with van der Waals surface area (Å²) in [5, 5.41) is 18.4. The number of thiophene rings is 1. The van der Waals surface area contributed by atoms with Crippen LogP contribution in [0.5, 0.6) is 0 Å². The highest BCUT2D eigenvalue weighted by Crippen LogP contribution is 2.23. The molecule has 0 saturated heterocycles. The Balaban J connectivity index is 1.90. The van der Waals surface area contributed by atoms with E-state index in [1.165, 1.54) is 29.5 Å². The predicted molar refractivity (Wildman–Crippen MR) is 101 cm³/mol. The Kier molecular flexibility index (Phi) is 5.16. The number of nitrogens with one attached hydrogen (secondary N) is 1. The molecule has 0 aliphatic heterocycles. The smallest absolute Gasteiger partial charge is 0.267 e. The van der Waals surface area contributed by atoms with Gasteiger partial charge in [0.2, 0.25) is 5.91 Å². The first-order chi connectivity index (χ1) is 12.5. The molecule has 3 rings (SSSR count). The third kappa shape index (κ3) is 3.67. The van der Waals surface area contributed by atoms with Crippen LogP contribution in [0.25, 0.3) is 10.6 Å². The fraction of sp³-hybridized carbons (Fsp3) is 0.111. The molecule has 6 nitrogen and oxygen atoms in total. The maximum atomic E-state index is 12.6. The largest absolute Gasteiger partial charge is 0.323 e. The number of hydrogen-bond acceptors (Lipinski definition) is 5. The Morgan fingerprint density at radius 3 is 2.85 bits per heavy atom. The second-order valence-electron chi connectivity index (χ2n) is 5.45. The minimum Gasteiger partial charge on any atom is -0.323 e. The van der Waals surface area contributed by atoms with Gasteiger partial charge in [0.15, 0.2) is 0 Å².